The van der Waals surface area contributed by atoms with Crippen molar-refractivity contribution in [3.05, 3.63) is 59.7 Å². The van der Waals surface area contributed by atoms with Gasteiger partial charge >= 0.3 is 6.03 Å². The van der Waals surface area contributed by atoms with Crippen molar-refractivity contribution in [3.63, 3.8) is 0 Å². The average Bonchev–Trinajstić information content (AvgIpc) is 2.71. The molecule has 0 aromatic heterocycles. The second-order valence-corrected chi connectivity index (χ2v) is 6.42. The lowest BCUT2D eigenvalue weighted by molar-refractivity contribution is 0.187. The van der Waals surface area contributed by atoms with Crippen LogP contribution in [0.1, 0.15) is 30.9 Å². The molecule has 0 saturated heterocycles. The summed E-state index contributed by atoms with van der Waals surface area (Å²) in [6.07, 6.45) is 2.24. The Hall–Kier alpha value is -3.04. The molecule has 0 spiro atoms. The first-order valence-electron chi connectivity index (χ1n) is 9.51. The molecule has 2 aromatic rings. The number of urea groups is 1. The molecule has 0 aliphatic heterocycles. The highest BCUT2D eigenvalue weighted by Gasteiger charge is 2.14. The second-order valence-electron chi connectivity index (χ2n) is 6.42. The lowest BCUT2D eigenvalue weighted by atomic mass is 10.1. The number of ether oxygens (including phenoxy) is 1. The Balaban J connectivity index is 2.01. The number of aliphatic hydroxyl groups excluding tert-OH is 1. The predicted molar refractivity (Wildman–Crippen MR) is 109 cm³/mol. The van der Waals surface area contributed by atoms with Crippen LogP contribution in [-0.2, 0) is 13.0 Å². The summed E-state index contributed by atoms with van der Waals surface area (Å²) in [5.74, 6) is 0.702. The third-order valence-corrected chi connectivity index (χ3v) is 4.30. The number of para-hydroxylation sites is 1. The van der Waals surface area contributed by atoms with Gasteiger partial charge in [-0.15, -0.1) is 0 Å². The van der Waals surface area contributed by atoms with Gasteiger partial charge in [0.2, 0.25) is 0 Å². The Bertz CT molecular complexity index is 784. The highest BCUT2D eigenvalue weighted by Crippen LogP contribution is 2.20. The zero-order valence-electron chi connectivity index (χ0n) is 16.2. The minimum atomic E-state index is -0.226. The van der Waals surface area contributed by atoms with E-state index < -0.39 is 0 Å². The average molecular weight is 381 g/mol. The monoisotopic (exact) mass is 381 g/mol. The number of carbonyl (C=O) groups is 1. The second kappa shape index (κ2) is 11.6. The molecule has 2 N–H and O–H groups in total. The van der Waals surface area contributed by atoms with Crippen molar-refractivity contribution in [1.82, 2.24) is 4.90 Å². The van der Waals surface area contributed by atoms with Crippen LogP contribution in [0.3, 0.4) is 0 Å². The van der Waals surface area contributed by atoms with Gasteiger partial charge in [-0.3, -0.25) is 0 Å². The van der Waals surface area contributed by atoms with Crippen LogP contribution >= 0.6 is 0 Å². The Morgan fingerprint density at radius 2 is 1.93 bits per heavy atom. The van der Waals surface area contributed by atoms with E-state index in [1.807, 2.05) is 48.5 Å². The first-order chi connectivity index (χ1) is 13.7. The Labute approximate surface area is 166 Å². The molecule has 6 heteroatoms. The highest BCUT2D eigenvalue weighted by molar-refractivity contribution is 5.90. The summed E-state index contributed by atoms with van der Waals surface area (Å²) in [5, 5.41) is 20.9. The van der Waals surface area contributed by atoms with Gasteiger partial charge in [0.1, 0.15) is 12.4 Å². The van der Waals surface area contributed by atoms with Crippen molar-refractivity contribution in [2.24, 2.45) is 0 Å². The van der Waals surface area contributed by atoms with Crippen LogP contribution in [0.15, 0.2) is 48.5 Å². The van der Waals surface area contributed by atoms with Crippen LogP contribution in [-0.4, -0.2) is 35.7 Å². The van der Waals surface area contributed by atoms with E-state index in [9.17, 15) is 9.90 Å². The first kappa shape index (κ1) is 21.3. The molecule has 0 bridgehead atoms. The molecule has 6 nitrogen and oxygen atoms in total. The van der Waals surface area contributed by atoms with Crippen molar-refractivity contribution < 1.29 is 14.6 Å². The number of hydrogen-bond donors (Lipinski definition) is 2. The number of aliphatic hydroxyl groups is 1. The number of hydrogen-bond acceptors (Lipinski definition) is 4. The van der Waals surface area contributed by atoms with E-state index in [0.717, 1.165) is 24.0 Å². The maximum absolute atomic E-state index is 12.6. The smallest absolute Gasteiger partial charge is 0.321 e. The molecule has 0 aliphatic carbocycles. The van der Waals surface area contributed by atoms with E-state index in [2.05, 4.69) is 18.3 Å². The molecule has 2 amide bonds. The van der Waals surface area contributed by atoms with Crippen molar-refractivity contribution in [2.45, 2.75) is 32.8 Å². The van der Waals surface area contributed by atoms with Crippen LogP contribution in [0.4, 0.5) is 10.5 Å². The normalized spacial score (nSPS) is 10.2. The molecule has 0 unspecified atom stereocenters. The molecule has 0 heterocycles. The number of benzene rings is 2. The van der Waals surface area contributed by atoms with Crippen LogP contribution in [0.25, 0.3) is 0 Å². The third-order valence-electron chi connectivity index (χ3n) is 4.30. The van der Waals surface area contributed by atoms with Crippen LogP contribution < -0.4 is 10.1 Å². The van der Waals surface area contributed by atoms with E-state index in [4.69, 9.17) is 10.00 Å². The van der Waals surface area contributed by atoms with E-state index in [1.165, 1.54) is 0 Å². The summed E-state index contributed by atoms with van der Waals surface area (Å²) in [5.41, 5.74) is 2.49. The third kappa shape index (κ3) is 6.60. The predicted octanol–water partition coefficient (Wildman–Crippen LogP) is 3.96. The zero-order chi connectivity index (χ0) is 20.2. The quantitative estimate of drug-likeness (QED) is 0.652. The van der Waals surface area contributed by atoms with Gasteiger partial charge in [0, 0.05) is 24.3 Å². The largest absolute Gasteiger partial charge is 0.489 e. The maximum Gasteiger partial charge on any atom is 0.321 e. The van der Waals surface area contributed by atoms with Gasteiger partial charge in [-0.1, -0.05) is 43.7 Å². The molecule has 0 fully saturated rings. The number of nitrogens with zero attached hydrogens (tertiary/aromatic N) is 2. The molecule has 0 aliphatic rings. The summed E-state index contributed by atoms with van der Waals surface area (Å²) in [7, 11) is 0. The van der Waals surface area contributed by atoms with Gasteiger partial charge in [0.05, 0.1) is 19.1 Å². The molecule has 0 saturated carbocycles. The minimum Gasteiger partial charge on any atom is -0.489 e. The number of rotatable bonds is 10. The fraction of sp³-hybridized carbons (Fsp3) is 0.364. The summed E-state index contributed by atoms with van der Waals surface area (Å²) < 4.78 is 5.83. The number of amides is 2. The van der Waals surface area contributed by atoms with Gasteiger partial charge in [-0.05, 0) is 30.2 Å². The molecule has 2 aromatic carbocycles. The number of nitriles is 1. The van der Waals surface area contributed by atoms with Gasteiger partial charge in [0.15, 0.2) is 0 Å². The number of carbonyl (C=O) groups excluding carboxylic acids is 1. The van der Waals surface area contributed by atoms with Crippen molar-refractivity contribution >= 4 is 11.7 Å². The molecular weight excluding hydrogens is 354 g/mol. The zero-order valence-corrected chi connectivity index (χ0v) is 16.2. The van der Waals surface area contributed by atoms with E-state index >= 15 is 0 Å². The first-order valence-corrected chi connectivity index (χ1v) is 9.51. The van der Waals surface area contributed by atoms with Crippen molar-refractivity contribution in [2.75, 3.05) is 25.0 Å². The summed E-state index contributed by atoms with van der Waals surface area (Å²) in [6.45, 7) is 3.22. The topological polar surface area (TPSA) is 85.6 Å². The fourth-order valence-corrected chi connectivity index (χ4v) is 2.70. The number of unbranched alkanes of at least 4 members (excludes halogenated alkanes) is 1. The lowest BCUT2D eigenvalue weighted by Gasteiger charge is -2.23. The summed E-state index contributed by atoms with van der Waals surface area (Å²) in [4.78, 5) is 14.2. The molecule has 148 valence electrons. The SMILES string of the molecule is CCCCN(CCO)C(=O)Nc1ccccc1COc1ccc(CC#N)cc1. The summed E-state index contributed by atoms with van der Waals surface area (Å²) in [6, 6.07) is 16.8. The van der Waals surface area contributed by atoms with Crippen LogP contribution in [0.5, 0.6) is 5.75 Å². The molecular formula is C22H27N3O3. The van der Waals surface area contributed by atoms with Crippen LogP contribution in [0.2, 0.25) is 0 Å². The standard InChI is InChI=1S/C22H27N3O3/c1-2-3-14-25(15-16-26)22(27)24-21-7-5-4-6-19(21)17-28-20-10-8-18(9-11-20)12-13-23/h4-11,26H,2-3,12,14-17H2,1H3,(H,24,27). The maximum atomic E-state index is 12.6. The van der Waals surface area contributed by atoms with E-state index in [-0.39, 0.29) is 12.6 Å². The van der Waals surface area contributed by atoms with Gasteiger partial charge < -0.3 is 20.1 Å². The van der Waals surface area contributed by atoms with Crippen molar-refractivity contribution in [1.29, 1.82) is 5.26 Å². The number of nitrogens with one attached hydrogen (secondary N) is 1. The Kier molecular flexibility index (Phi) is 8.83. The van der Waals surface area contributed by atoms with E-state index in [0.29, 0.717) is 37.6 Å². The highest BCUT2D eigenvalue weighted by atomic mass is 16.5. The van der Waals surface area contributed by atoms with Crippen LogP contribution in [0, 0.1) is 11.3 Å². The lowest BCUT2D eigenvalue weighted by Crippen LogP contribution is -2.38. The van der Waals surface area contributed by atoms with Gasteiger partial charge in [-0.25, -0.2) is 4.79 Å². The Morgan fingerprint density at radius 3 is 2.61 bits per heavy atom. The van der Waals surface area contributed by atoms with Gasteiger partial charge in [-0.2, -0.15) is 5.26 Å². The minimum absolute atomic E-state index is 0.0658. The summed E-state index contributed by atoms with van der Waals surface area (Å²) >= 11 is 0. The molecule has 28 heavy (non-hydrogen) atoms. The number of anilines is 1. The fourth-order valence-electron chi connectivity index (χ4n) is 2.70. The molecule has 0 atom stereocenters. The van der Waals surface area contributed by atoms with E-state index in [1.54, 1.807) is 4.90 Å². The molecule has 0 radical (unpaired) electrons. The van der Waals surface area contributed by atoms with Gasteiger partial charge in [0.25, 0.3) is 0 Å². The van der Waals surface area contributed by atoms with Crippen molar-refractivity contribution in [3.8, 4) is 11.8 Å². The molecule has 2 rings (SSSR count). The Morgan fingerprint density at radius 1 is 1.18 bits per heavy atom.